The summed E-state index contributed by atoms with van der Waals surface area (Å²) in [6.07, 6.45) is 5.07. The van der Waals surface area contributed by atoms with Crippen LogP contribution in [0.3, 0.4) is 0 Å². The van der Waals surface area contributed by atoms with Crippen molar-refractivity contribution < 1.29 is 14.2 Å². The number of halogens is 2. The van der Waals surface area contributed by atoms with Crippen molar-refractivity contribution in [1.29, 1.82) is 0 Å². The second kappa shape index (κ2) is 6.67. The van der Waals surface area contributed by atoms with Crippen LogP contribution in [0.5, 0.6) is 11.5 Å². The van der Waals surface area contributed by atoms with Crippen LogP contribution in [0, 0.1) is 0 Å². The van der Waals surface area contributed by atoms with Gasteiger partial charge in [0.2, 0.25) is 6.79 Å². The number of fused-ring (bicyclic) bond motifs is 3. The van der Waals surface area contributed by atoms with Gasteiger partial charge in [-0.2, -0.15) is 0 Å². The highest BCUT2D eigenvalue weighted by Crippen LogP contribution is 2.51. The molecule has 0 saturated carbocycles. The number of hydrogen-bond acceptors (Lipinski definition) is 4. The highest BCUT2D eigenvalue weighted by Gasteiger charge is 2.48. The fourth-order valence-electron chi connectivity index (χ4n) is 4.21. The molecular weight excluding hydrogens is 441 g/mol. The first kappa shape index (κ1) is 16.9. The van der Waals surface area contributed by atoms with Crippen LogP contribution in [-0.2, 0) is 16.7 Å². The number of alkyl halides is 1. The molecule has 2 aliphatic heterocycles. The molecule has 24 heavy (non-hydrogen) atoms. The molecule has 1 aliphatic carbocycles. The van der Waals surface area contributed by atoms with Gasteiger partial charge in [-0.1, -0.05) is 40.3 Å². The summed E-state index contributed by atoms with van der Waals surface area (Å²) in [5.74, 6) is 1.68. The maximum Gasteiger partial charge on any atom is 0.231 e. The third kappa shape index (κ3) is 2.55. The summed E-state index contributed by atoms with van der Waals surface area (Å²) in [5, 5.41) is 0.917. The standard InChI is InChI=1S/C18H21ClINO3/c1-22-13-2-3-17(19)18(10-13)14-9-16-15(23-11-24-16)8-12(14)4-6-21(18)7-5-20/h3,8-9,13H,2,4-7,10-11H2,1H3/t13-,18+/m1/s1. The quantitative estimate of drug-likeness (QED) is 0.506. The Morgan fingerprint density at radius 1 is 1.38 bits per heavy atom. The molecule has 0 amide bonds. The van der Waals surface area contributed by atoms with Gasteiger partial charge in [0.25, 0.3) is 0 Å². The van der Waals surface area contributed by atoms with E-state index in [-0.39, 0.29) is 11.6 Å². The Morgan fingerprint density at radius 3 is 2.92 bits per heavy atom. The van der Waals surface area contributed by atoms with Gasteiger partial charge in [-0.3, -0.25) is 4.90 Å². The molecule has 1 spiro atoms. The SMILES string of the molecule is CO[C@@H]1CC=C(Cl)[C@]2(C1)c1cc3c(cc1CCN2CCI)OCO3. The number of ether oxygens (including phenoxy) is 3. The zero-order chi connectivity index (χ0) is 16.7. The van der Waals surface area contributed by atoms with E-state index in [2.05, 4.69) is 45.7 Å². The predicted molar refractivity (Wildman–Crippen MR) is 102 cm³/mol. The van der Waals surface area contributed by atoms with Crippen LogP contribution in [0.15, 0.2) is 23.2 Å². The van der Waals surface area contributed by atoms with Crippen molar-refractivity contribution in [1.82, 2.24) is 4.90 Å². The van der Waals surface area contributed by atoms with E-state index in [0.29, 0.717) is 6.79 Å². The fraction of sp³-hybridized carbons (Fsp3) is 0.556. The molecule has 2 atom stereocenters. The van der Waals surface area contributed by atoms with Crippen LogP contribution in [0.25, 0.3) is 0 Å². The minimum absolute atomic E-state index is 0.181. The van der Waals surface area contributed by atoms with Crippen molar-refractivity contribution in [2.24, 2.45) is 0 Å². The third-order valence-corrected chi connectivity index (χ3v) is 6.35. The van der Waals surface area contributed by atoms with E-state index in [0.717, 1.165) is 53.3 Å². The van der Waals surface area contributed by atoms with E-state index in [1.54, 1.807) is 7.11 Å². The Balaban J connectivity index is 1.88. The number of nitrogens with zero attached hydrogens (tertiary/aromatic N) is 1. The van der Waals surface area contributed by atoms with Crippen LogP contribution in [0.1, 0.15) is 24.0 Å². The summed E-state index contributed by atoms with van der Waals surface area (Å²) < 4.78 is 18.0. The number of methoxy groups -OCH3 is 1. The van der Waals surface area contributed by atoms with E-state index in [4.69, 9.17) is 25.8 Å². The van der Waals surface area contributed by atoms with Crippen molar-refractivity contribution in [2.75, 3.05) is 31.4 Å². The smallest absolute Gasteiger partial charge is 0.231 e. The normalized spacial score (nSPS) is 28.8. The van der Waals surface area contributed by atoms with Crippen molar-refractivity contribution in [2.45, 2.75) is 30.9 Å². The number of rotatable bonds is 3. The van der Waals surface area contributed by atoms with Crippen LogP contribution < -0.4 is 9.47 Å². The molecule has 0 fully saturated rings. The third-order valence-electron chi connectivity index (χ3n) is 5.40. The highest BCUT2D eigenvalue weighted by atomic mass is 127. The average molecular weight is 462 g/mol. The van der Waals surface area contributed by atoms with E-state index in [9.17, 15) is 0 Å². The lowest BCUT2D eigenvalue weighted by atomic mass is 9.73. The molecular formula is C18H21ClINO3. The van der Waals surface area contributed by atoms with Gasteiger partial charge < -0.3 is 14.2 Å². The molecule has 3 aliphatic rings. The van der Waals surface area contributed by atoms with Crippen molar-refractivity contribution in [3.8, 4) is 11.5 Å². The van der Waals surface area contributed by atoms with E-state index in [1.807, 2.05) is 0 Å². The molecule has 130 valence electrons. The summed E-state index contributed by atoms with van der Waals surface area (Å²) in [6.45, 7) is 2.30. The van der Waals surface area contributed by atoms with E-state index >= 15 is 0 Å². The Hall–Kier alpha value is -0.500. The topological polar surface area (TPSA) is 30.9 Å². The summed E-state index contributed by atoms with van der Waals surface area (Å²) in [4.78, 5) is 2.52. The zero-order valence-corrected chi connectivity index (χ0v) is 16.6. The Morgan fingerprint density at radius 2 is 2.17 bits per heavy atom. The van der Waals surface area contributed by atoms with Gasteiger partial charge in [-0.05, 0) is 36.1 Å². The zero-order valence-electron chi connectivity index (χ0n) is 13.7. The molecule has 0 N–H and O–H groups in total. The van der Waals surface area contributed by atoms with Gasteiger partial charge in [-0.25, -0.2) is 0 Å². The van der Waals surface area contributed by atoms with Gasteiger partial charge in [0.05, 0.1) is 11.6 Å². The lowest BCUT2D eigenvalue weighted by Gasteiger charge is -2.51. The fourth-order valence-corrected chi connectivity index (χ4v) is 5.18. The molecule has 0 aromatic heterocycles. The maximum absolute atomic E-state index is 6.87. The Labute approximate surface area is 161 Å². The lowest BCUT2D eigenvalue weighted by Crippen LogP contribution is -2.54. The molecule has 0 unspecified atom stereocenters. The first-order valence-electron chi connectivity index (χ1n) is 8.32. The number of hydrogen-bond donors (Lipinski definition) is 0. The van der Waals surface area contributed by atoms with Gasteiger partial charge in [0.15, 0.2) is 11.5 Å². The summed E-state index contributed by atoms with van der Waals surface area (Å²) >= 11 is 9.31. The molecule has 1 aromatic carbocycles. The van der Waals surface area contributed by atoms with Crippen LogP contribution in [-0.4, -0.2) is 42.4 Å². The molecule has 0 radical (unpaired) electrons. The average Bonchev–Trinajstić information content (AvgIpc) is 3.05. The second-order valence-electron chi connectivity index (χ2n) is 6.50. The monoisotopic (exact) mass is 461 g/mol. The maximum atomic E-state index is 6.87. The molecule has 0 saturated heterocycles. The minimum Gasteiger partial charge on any atom is -0.454 e. The first-order chi connectivity index (χ1) is 11.7. The summed E-state index contributed by atoms with van der Waals surface area (Å²) in [5.41, 5.74) is 2.26. The van der Waals surface area contributed by atoms with Crippen LogP contribution in [0.4, 0.5) is 0 Å². The van der Waals surface area contributed by atoms with Gasteiger partial charge >= 0.3 is 0 Å². The van der Waals surface area contributed by atoms with Gasteiger partial charge in [0.1, 0.15) is 0 Å². The second-order valence-corrected chi connectivity index (χ2v) is 7.98. The minimum atomic E-state index is -0.305. The Bertz CT molecular complexity index is 680. The van der Waals surface area contributed by atoms with Crippen molar-refractivity contribution in [3.63, 3.8) is 0 Å². The first-order valence-corrected chi connectivity index (χ1v) is 10.2. The Kier molecular flexibility index (Phi) is 4.71. The molecule has 2 heterocycles. The largest absolute Gasteiger partial charge is 0.454 e. The van der Waals surface area contributed by atoms with E-state index in [1.165, 1.54) is 11.1 Å². The van der Waals surface area contributed by atoms with Crippen LogP contribution in [0.2, 0.25) is 0 Å². The van der Waals surface area contributed by atoms with Crippen molar-refractivity contribution in [3.05, 3.63) is 34.4 Å². The molecule has 4 nitrogen and oxygen atoms in total. The molecule has 6 heteroatoms. The number of benzene rings is 1. The molecule has 0 bridgehead atoms. The molecule has 4 rings (SSSR count). The summed E-state index contributed by atoms with van der Waals surface area (Å²) in [7, 11) is 1.79. The van der Waals surface area contributed by atoms with Crippen molar-refractivity contribution >= 4 is 34.2 Å². The van der Waals surface area contributed by atoms with E-state index < -0.39 is 0 Å². The van der Waals surface area contributed by atoms with Gasteiger partial charge in [-0.15, -0.1) is 0 Å². The highest BCUT2D eigenvalue weighted by molar-refractivity contribution is 14.1. The predicted octanol–water partition coefficient (Wildman–Crippen LogP) is 3.84. The van der Waals surface area contributed by atoms with Gasteiger partial charge in [0, 0.05) is 36.1 Å². The molecule has 1 aromatic rings. The summed E-state index contributed by atoms with van der Waals surface area (Å²) in [6, 6.07) is 4.28. The lowest BCUT2D eigenvalue weighted by molar-refractivity contribution is 0.0182. The van der Waals surface area contributed by atoms with Crippen LogP contribution >= 0.6 is 34.2 Å².